The van der Waals surface area contributed by atoms with Crippen molar-refractivity contribution in [3.05, 3.63) is 0 Å². The highest BCUT2D eigenvalue weighted by atomic mass is 79.9. The van der Waals surface area contributed by atoms with E-state index >= 15 is 0 Å². The largest absolute Gasteiger partial charge is 0.343 e. The van der Waals surface area contributed by atoms with Crippen LogP contribution in [0, 0.1) is 0 Å². The highest BCUT2D eigenvalue weighted by Crippen LogP contribution is 2.15. The topological polar surface area (TPSA) is 49.4 Å². The van der Waals surface area contributed by atoms with Gasteiger partial charge in [-0.2, -0.15) is 0 Å². The van der Waals surface area contributed by atoms with Crippen LogP contribution >= 0.6 is 15.9 Å². The van der Waals surface area contributed by atoms with Crippen molar-refractivity contribution >= 4 is 27.7 Å². The van der Waals surface area contributed by atoms with Crippen molar-refractivity contribution in [2.45, 2.75) is 45.0 Å². The Kier molecular flexibility index (Phi) is 6.00. The number of alkyl halides is 1. The Labute approximate surface area is 106 Å². The molecule has 0 saturated carbocycles. The molecule has 1 atom stereocenters. The first-order valence-corrected chi connectivity index (χ1v) is 6.32. The number of carbonyl (C=O) groups is 2. The lowest BCUT2D eigenvalue weighted by Crippen LogP contribution is -2.50. The number of amides is 2. The minimum Gasteiger partial charge on any atom is -0.343 e. The fourth-order valence-electron chi connectivity index (χ4n) is 1.24. The molecule has 0 aliphatic carbocycles. The van der Waals surface area contributed by atoms with Crippen molar-refractivity contribution < 1.29 is 9.59 Å². The second-order valence-electron chi connectivity index (χ2n) is 4.18. The van der Waals surface area contributed by atoms with Crippen LogP contribution in [-0.2, 0) is 9.59 Å². The third-order valence-corrected chi connectivity index (χ3v) is 2.69. The third kappa shape index (κ3) is 4.51. The van der Waals surface area contributed by atoms with Crippen LogP contribution in [0.1, 0.15) is 34.6 Å². The molecule has 94 valence electrons. The van der Waals surface area contributed by atoms with Crippen molar-refractivity contribution in [3.63, 3.8) is 0 Å². The Bertz CT molecular complexity index is 257. The summed E-state index contributed by atoms with van der Waals surface area (Å²) in [7, 11) is 0. The van der Waals surface area contributed by atoms with E-state index in [4.69, 9.17) is 0 Å². The molecule has 5 heteroatoms. The van der Waals surface area contributed by atoms with E-state index in [1.54, 1.807) is 25.7 Å². The lowest BCUT2D eigenvalue weighted by Gasteiger charge is -2.25. The maximum Gasteiger partial charge on any atom is 0.244 e. The maximum absolute atomic E-state index is 11.9. The van der Waals surface area contributed by atoms with Gasteiger partial charge in [-0.1, -0.05) is 15.9 Å². The van der Waals surface area contributed by atoms with Gasteiger partial charge in [0, 0.05) is 13.1 Å². The van der Waals surface area contributed by atoms with Gasteiger partial charge in [-0.15, -0.1) is 0 Å². The monoisotopic (exact) mass is 292 g/mol. The molecule has 0 fully saturated rings. The van der Waals surface area contributed by atoms with Gasteiger partial charge >= 0.3 is 0 Å². The molecule has 0 saturated heterocycles. The van der Waals surface area contributed by atoms with E-state index < -0.39 is 10.4 Å². The molecule has 16 heavy (non-hydrogen) atoms. The summed E-state index contributed by atoms with van der Waals surface area (Å²) in [5, 5.41) is 2.69. The number of halogens is 1. The average molecular weight is 293 g/mol. The minimum atomic E-state index is -0.648. The fourth-order valence-corrected chi connectivity index (χ4v) is 1.35. The van der Waals surface area contributed by atoms with Gasteiger partial charge in [0.15, 0.2) is 0 Å². The predicted molar refractivity (Wildman–Crippen MR) is 68.5 cm³/mol. The number of hydrogen-bond acceptors (Lipinski definition) is 2. The number of nitrogens with one attached hydrogen (secondary N) is 1. The van der Waals surface area contributed by atoms with Gasteiger partial charge in [0.05, 0.1) is 4.32 Å². The summed E-state index contributed by atoms with van der Waals surface area (Å²) in [6.07, 6.45) is 0. The van der Waals surface area contributed by atoms with Crippen LogP contribution in [-0.4, -0.2) is 40.2 Å². The summed E-state index contributed by atoms with van der Waals surface area (Å²) in [5.74, 6) is -0.226. The Morgan fingerprint density at radius 3 is 2.06 bits per heavy atom. The smallest absolute Gasteiger partial charge is 0.244 e. The normalized spacial score (nSPS) is 13.1. The zero-order valence-corrected chi connectivity index (χ0v) is 12.2. The van der Waals surface area contributed by atoms with Gasteiger partial charge in [-0.25, -0.2) is 0 Å². The summed E-state index contributed by atoms with van der Waals surface area (Å²) < 4.78 is -0.648. The van der Waals surface area contributed by atoms with Crippen LogP contribution in [0.2, 0.25) is 0 Å². The molecule has 0 aliphatic rings. The highest BCUT2D eigenvalue weighted by molar-refractivity contribution is 9.10. The van der Waals surface area contributed by atoms with E-state index in [0.717, 1.165) is 0 Å². The molecule has 0 aliphatic heterocycles. The SMILES string of the molecule is CCN(CC)C(=O)C(C)NC(=O)C(C)(C)Br. The van der Waals surface area contributed by atoms with Crippen LogP contribution in [0.25, 0.3) is 0 Å². The molecule has 0 bridgehead atoms. The fraction of sp³-hybridized carbons (Fsp3) is 0.818. The summed E-state index contributed by atoms with van der Waals surface area (Å²) in [6.45, 7) is 10.4. The highest BCUT2D eigenvalue weighted by Gasteiger charge is 2.27. The zero-order valence-electron chi connectivity index (χ0n) is 10.6. The molecule has 0 radical (unpaired) electrons. The van der Waals surface area contributed by atoms with E-state index in [0.29, 0.717) is 13.1 Å². The predicted octanol–water partition coefficient (Wildman–Crippen LogP) is 1.53. The van der Waals surface area contributed by atoms with E-state index in [9.17, 15) is 9.59 Å². The molecule has 0 aromatic carbocycles. The standard InChI is InChI=1S/C11H21BrN2O2/c1-6-14(7-2)9(15)8(3)13-10(16)11(4,5)12/h8H,6-7H2,1-5H3,(H,13,16). The van der Waals surface area contributed by atoms with E-state index in [1.165, 1.54) is 0 Å². The maximum atomic E-state index is 11.9. The van der Waals surface area contributed by atoms with E-state index in [1.807, 2.05) is 13.8 Å². The molecule has 0 aromatic heterocycles. The zero-order chi connectivity index (χ0) is 12.9. The summed E-state index contributed by atoms with van der Waals surface area (Å²) in [6, 6.07) is -0.482. The van der Waals surface area contributed by atoms with Crippen LogP contribution < -0.4 is 5.32 Å². The molecule has 4 nitrogen and oxygen atoms in total. The molecule has 1 N–H and O–H groups in total. The van der Waals surface area contributed by atoms with Gasteiger partial charge in [0.2, 0.25) is 11.8 Å². The first kappa shape index (κ1) is 15.4. The Morgan fingerprint density at radius 1 is 1.31 bits per heavy atom. The molecular weight excluding hydrogens is 272 g/mol. The Balaban J connectivity index is 4.42. The summed E-state index contributed by atoms with van der Waals surface area (Å²) in [4.78, 5) is 25.2. The lowest BCUT2D eigenvalue weighted by atomic mass is 10.2. The first-order chi connectivity index (χ1) is 7.23. The minimum absolute atomic E-state index is 0.0462. The summed E-state index contributed by atoms with van der Waals surface area (Å²) in [5.41, 5.74) is 0. The van der Waals surface area contributed by atoms with E-state index in [-0.39, 0.29) is 11.8 Å². The van der Waals surface area contributed by atoms with Crippen molar-refractivity contribution in [1.29, 1.82) is 0 Å². The van der Waals surface area contributed by atoms with Crippen molar-refractivity contribution in [2.75, 3.05) is 13.1 Å². The number of carbonyl (C=O) groups excluding carboxylic acids is 2. The second-order valence-corrected chi connectivity index (χ2v) is 6.16. The van der Waals surface area contributed by atoms with Crippen LogP contribution in [0.15, 0.2) is 0 Å². The molecule has 0 spiro atoms. The molecule has 0 heterocycles. The molecule has 0 rings (SSSR count). The van der Waals surface area contributed by atoms with Crippen molar-refractivity contribution in [2.24, 2.45) is 0 Å². The van der Waals surface area contributed by atoms with Gasteiger partial charge in [0.1, 0.15) is 6.04 Å². The number of rotatable bonds is 5. The quantitative estimate of drug-likeness (QED) is 0.782. The Hall–Kier alpha value is -0.580. The Morgan fingerprint density at radius 2 is 1.75 bits per heavy atom. The van der Waals surface area contributed by atoms with Gasteiger partial charge in [-0.3, -0.25) is 9.59 Å². The van der Waals surface area contributed by atoms with Crippen LogP contribution in [0.5, 0.6) is 0 Å². The number of nitrogens with zero attached hydrogens (tertiary/aromatic N) is 1. The van der Waals surface area contributed by atoms with Crippen molar-refractivity contribution in [3.8, 4) is 0 Å². The van der Waals surface area contributed by atoms with Crippen LogP contribution in [0.3, 0.4) is 0 Å². The second kappa shape index (κ2) is 6.23. The third-order valence-electron chi connectivity index (χ3n) is 2.33. The first-order valence-electron chi connectivity index (χ1n) is 5.52. The molecule has 1 unspecified atom stereocenters. The molecular formula is C11H21BrN2O2. The molecule has 0 aromatic rings. The lowest BCUT2D eigenvalue weighted by molar-refractivity contribution is -0.136. The summed E-state index contributed by atoms with van der Waals surface area (Å²) >= 11 is 3.26. The van der Waals surface area contributed by atoms with Gasteiger partial charge in [0.25, 0.3) is 0 Å². The number of hydrogen-bond donors (Lipinski definition) is 1. The van der Waals surface area contributed by atoms with E-state index in [2.05, 4.69) is 21.2 Å². The average Bonchev–Trinajstić information content (AvgIpc) is 2.17. The number of likely N-dealkylation sites (N-methyl/N-ethyl adjacent to an activating group) is 1. The van der Waals surface area contributed by atoms with Crippen LogP contribution in [0.4, 0.5) is 0 Å². The van der Waals surface area contributed by atoms with Crippen molar-refractivity contribution in [1.82, 2.24) is 10.2 Å². The van der Waals surface area contributed by atoms with Gasteiger partial charge < -0.3 is 10.2 Å². The van der Waals surface area contributed by atoms with Gasteiger partial charge in [-0.05, 0) is 34.6 Å². The molecule has 2 amide bonds.